The number of hydrogen-bond acceptors (Lipinski definition) is 3. The number of aromatic amines is 1. The van der Waals surface area contributed by atoms with Crippen molar-refractivity contribution in [3.05, 3.63) is 65.4 Å². The molecule has 2 aromatic carbocycles. The Morgan fingerprint density at radius 1 is 1.04 bits per heavy atom. The molecule has 5 rings (SSSR count). The number of nitrogens with one attached hydrogen (secondary N) is 2. The average Bonchev–Trinajstić information content (AvgIpc) is 3.15. The van der Waals surface area contributed by atoms with Gasteiger partial charge in [0.15, 0.2) is 0 Å². The van der Waals surface area contributed by atoms with Crippen molar-refractivity contribution in [1.82, 2.24) is 10.3 Å². The Morgan fingerprint density at radius 2 is 1.82 bits per heavy atom. The van der Waals surface area contributed by atoms with Gasteiger partial charge in [-0.3, -0.25) is 0 Å². The Morgan fingerprint density at radius 3 is 2.54 bits per heavy atom. The fourth-order valence-corrected chi connectivity index (χ4v) is 5.34. The normalized spacial score (nSPS) is 27.1. The van der Waals surface area contributed by atoms with Crippen molar-refractivity contribution in [1.29, 1.82) is 0 Å². The largest absolute Gasteiger partial charge is 0.497 e. The summed E-state index contributed by atoms with van der Waals surface area (Å²) in [5.41, 5.74) is 5.10. The minimum Gasteiger partial charge on any atom is -0.497 e. The summed E-state index contributed by atoms with van der Waals surface area (Å²) in [6.45, 7) is 0.787. The Bertz CT molecular complexity index is 985. The van der Waals surface area contributed by atoms with Crippen molar-refractivity contribution >= 4 is 10.9 Å². The van der Waals surface area contributed by atoms with Gasteiger partial charge < -0.3 is 19.8 Å². The summed E-state index contributed by atoms with van der Waals surface area (Å²) in [7, 11) is 3.82. The lowest BCUT2D eigenvalue weighted by Gasteiger charge is -2.48. The number of ether oxygens (including phenoxy) is 2. The van der Waals surface area contributed by atoms with Gasteiger partial charge >= 0.3 is 0 Å². The van der Waals surface area contributed by atoms with Crippen LogP contribution >= 0.6 is 0 Å². The molecule has 28 heavy (non-hydrogen) atoms. The Labute approximate surface area is 166 Å². The standard InChI is InChI=1S/C24H28N2O2/c1-25-23(17-6-4-3-5-7-17)11-13-24(14-12-23)22-19(10-15-28-24)20-16-18(27-2)8-9-21(20)26-22/h3-9,16,25-26H,10-15H2,1-2H3. The van der Waals surface area contributed by atoms with Gasteiger partial charge in [-0.15, -0.1) is 0 Å². The van der Waals surface area contributed by atoms with E-state index in [1.807, 2.05) is 6.07 Å². The molecule has 146 valence electrons. The van der Waals surface area contributed by atoms with Crippen LogP contribution < -0.4 is 10.1 Å². The lowest BCUT2D eigenvalue weighted by molar-refractivity contribution is -0.101. The second kappa shape index (κ2) is 6.64. The van der Waals surface area contributed by atoms with Crippen LogP contribution in [0.4, 0.5) is 0 Å². The first kappa shape index (κ1) is 17.8. The quantitative estimate of drug-likeness (QED) is 0.700. The summed E-state index contributed by atoms with van der Waals surface area (Å²) in [5.74, 6) is 0.914. The van der Waals surface area contributed by atoms with E-state index in [0.29, 0.717) is 0 Å². The zero-order valence-corrected chi connectivity index (χ0v) is 16.7. The summed E-state index contributed by atoms with van der Waals surface area (Å²) in [4.78, 5) is 3.71. The van der Waals surface area contributed by atoms with Gasteiger partial charge in [0.2, 0.25) is 0 Å². The molecule has 0 radical (unpaired) electrons. The smallest absolute Gasteiger partial charge is 0.119 e. The van der Waals surface area contributed by atoms with Crippen molar-refractivity contribution in [2.45, 2.75) is 43.2 Å². The van der Waals surface area contributed by atoms with Crippen molar-refractivity contribution in [2.75, 3.05) is 20.8 Å². The maximum atomic E-state index is 6.50. The molecule has 0 amide bonds. The molecule has 0 atom stereocenters. The first-order valence-corrected chi connectivity index (χ1v) is 10.3. The second-order valence-electron chi connectivity index (χ2n) is 8.18. The number of methoxy groups -OCH3 is 1. The van der Waals surface area contributed by atoms with Crippen molar-refractivity contribution in [3.63, 3.8) is 0 Å². The van der Waals surface area contributed by atoms with Gasteiger partial charge in [0.25, 0.3) is 0 Å². The maximum Gasteiger partial charge on any atom is 0.119 e. The van der Waals surface area contributed by atoms with Crippen LogP contribution in [-0.2, 0) is 22.3 Å². The van der Waals surface area contributed by atoms with E-state index in [-0.39, 0.29) is 11.1 Å². The van der Waals surface area contributed by atoms with E-state index in [2.05, 4.69) is 59.8 Å². The van der Waals surface area contributed by atoms with Gasteiger partial charge in [0.1, 0.15) is 11.4 Å². The number of aromatic nitrogens is 1. The predicted molar refractivity (Wildman–Crippen MR) is 112 cm³/mol. The van der Waals surface area contributed by atoms with Crippen LogP contribution in [-0.4, -0.2) is 25.7 Å². The number of H-pyrrole nitrogens is 1. The van der Waals surface area contributed by atoms with Gasteiger partial charge in [0.05, 0.1) is 19.4 Å². The molecular weight excluding hydrogens is 348 g/mol. The van der Waals surface area contributed by atoms with Crippen molar-refractivity contribution in [3.8, 4) is 5.75 Å². The van der Waals surface area contributed by atoms with Gasteiger partial charge in [-0.25, -0.2) is 0 Å². The zero-order chi connectivity index (χ0) is 19.2. The third kappa shape index (κ3) is 2.59. The van der Waals surface area contributed by atoms with Gasteiger partial charge in [-0.1, -0.05) is 30.3 Å². The van der Waals surface area contributed by atoms with Gasteiger partial charge in [-0.05, 0) is 68.5 Å². The predicted octanol–water partition coefficient (Wildman–Crippen LogP) is 4.63. The van der Waals surface area contributed by atoms with E-state index in [4.69, 9.17) is 9.47 Å². The molecule has 1 fully saturated rings. The van der Waals surface area contributed by atoms with Crippen LogP contribution in [0.5, 0.6) is 5.75 Å². The third-order valence-corrected chi connectivity index (χ3v) is 7.02. The molecular formula is C24H28N2O2. The van der Waals surface area contributed by atoms with Crippen LogP contribution in [0.2, 0.25) is 0 Å². The summed E-state index contributed by atoms with van der Waals surface area (Å²) >= 11 is 0. The molecule has 1 aromatic heterocycles. The third-order valence-electron chi connectivity index (χ3n) is 7.02. The lowest BCUT2D eigenvalue weighted by Crippen LogP contribution is -2.49. The highest BCUT2D eigenvalue weighted by Crippen LogP contribution is 2.50. The Kier molecular flexibility index (Phi) is 4.22. The van der Waals surface area contributed by atoms with E-state index >= 15 is 0 Å². The molecule has 0 unspecified atom stereocenters. The van der Waals surface area contributed by atoms with Crippen LogP contribution in [0.15, 0.2) is 48.5 Å². The molecule has 2 aliphatic rings. The molecule has 1 spiro atoms. The summed E-state index contributed by atoms with van der Waals surface area (Å²) < 4.78 is 12.0. The van der Waals surface area contributed by atoms with Gasteiger partial charge in [0, 0.05) is 16.4 Å². The van der Waals surface area contributed by atoms with E-state index in [9.17, 15) is 0 Å². The van der Waals surface area contributed by atoms with Crippen molar-refractivity contribution < 1.29 is 9.47 Å². The molecule has 3 aromatic rings. The SMILES string of the molecule is CNC1(c2ccccc2)CCC2(CC1)OCCc1c2[nH]c2ccc(OC)cc12. The molecule has 1 saturated carbocycles. The van der Waals surface area contributed by atoms with Crippen LogP contribution in [0, 0.1) is 0 Å². The molecule has 0 saturated heterocycles. The van der Waals surface area contributed by atoms with Gasteiger partial charge in [-0.2, -0.15) is 0 Å². The van der Waals surface area contributed by atoms with Crippen molar-refractivity contribution in [2.24, 2.45) is 0 Å². The first-order valence-electron chi connectivity index (χ1n) is 10.3. The fraction of sp³-hybridized carbons (Fsp3) is 0.417. The molecule has 4 nitrogen and oxygen atoms in total. The topological polar surface area (TPSA) is 46.3 Å². The first-order chi connectivity index (χ1) is 13.7. The monoisotopic (exact) mass is 376 g/mol. The highest BCUT2D eigenvalue weighted by molar-refractivity contribution is 5.86. The Hall–Kier alpha value is -2.30. The summed E-state index contributed by atoms with van der Waals surface area (Å²) in [6.07, 6.45) is 5.11. The van der Waals surface area contributed by atoms with E-state index < -0.39 is 0 Å². The van der Waals surface area contributed by atoms with Crippen LogP contribution in [0.3, 0.4) is 0 Å². The molecule has 0 bridgehead atoms. The number of benzene rings is 2. The molecule has 1 aliphatic heterocycles. The minimum absolute atomic E-state index is 0.0305. The highest BCUT2D eigenvalue weighted by atomic mass is 16.5. The maximum absolute atomic E-state index is 6.50. The fourth-order valence-electron chi connectivity index (χ4n) is 5.34. The number of hydrogen-bond donors (Lipinski definition) is 2. The molecule has 1 aliphatic carbocycles. The number of fused-ring (bicyclic) bond motifs is 4. The summed E-state index contributed by atoms with van der Waals surface area (Å²) in [5, 5.41) is 4.92. The molecule has 2 N–H and O–H groups in total. The average molecular weight is 376 g/mol. The highest BCUT2D eigenvalue weighted by Gasteiger charge is 2.47. The van der Waals surface area contributed by atoms with Crippen LogP contribution in [0.25, 0.3) is 10.9 Å². The van der Waals surface area contributed by atoms with Crippen LogP contribution in [0.1, 0.15) is 42.5 Å². The zero-order valence-electron chi connectivity index (χ0n) is 16.7. The Balaban J connectivity index is 1.52. The minimum atomic E-state index is -0.199. The van der Waals surface area contributed by atoms with E-state index in [1.165, 1.54) is 27.7 Å². The molecule has 2 heterocycles. The lowest BCUT2D eigenvalue weighted by atomic mass is 9.68. The summed E-state index contributed by atoms with van der Waals surface area (Å²) in [6, 6.07) is 17.2. The second-order valence-corrected chi connectivity index (χ2v) is 8.18. The van der Waals surface area contributed by atoms with E-state index in [1.54, 1.807) is 7.11 Å². The van der Waals surface area contributed by atoms with E-state index in [0.717, 1.165) is 44.5 Å². The number of rotatable bonds is 3. The molecule has 4 heteroatoms.